The number of aromatic nitrogens is 4. The molecule has 0 bridgehead atoms. The molecule has 2 aromatic carbocycles. The molecule has 5 nitrogen and oxygen atoms in total. The standard InChI is InChI=1S/C16H12N4O/c1-19-15-8-11(6-7-12(15)9-18-19)16(21)20-10-17-13-4-2-3-5-14(13)20/h2-10H,1H3. The lowest BCUT2D eigenvalue weighted by Crippen LogP contribution is -2.10. The minimum Gasteiger partial charge on any atom is -0.268 e. The Morgan fingerprint density at radius 2 is 1.95 bits per heavy atom. The molecular formula is C16H12N4O. The molecule has 5 heteroatoms. The molecule has 0 aliphatic rings. The lowest BCUT2D eigenvalue weighted by Gasteiger charge is -2.04. The van der Waals surface area contributed by atoms with E-state index in [9.17, 15) is 4.79 Å². The largest absolute Gasteiger partial charge is 0.268 e. The van der Waals surface area contributed by atoms with Crippen molar-refractivity contribution in [1.29, 1.82) is 0 Å². The number of para-hydroxylation sites is 2. The van der Waals surface area contributed by atoms with Gasteiger partial charge in [0.15, 0.2) is 0 Å². The van der Waals surface area contributed by atoms with Gasteiger partial charge in [-0.3, -0.25) is 14.0 Å². The van der Waals surface area contributed by atoms with Crippen molar-refractivity contribution in [3.63, 3.8) is 0 Å². The van der Waals surface area contributed by atoms with Gasteiger partial charge in [-0.25, -0.2) is 4.98 Å². The maximum Gasteiger partial charge on any atom is 0.263 e. The molecule has 0 aliphatic carbocycles. The van der Waals surface area contributed by atoms with Gasteiger partial charge in [-0.1, -0.05) is 18.2 Å². The number of fused-ring (bicyclic) bond motifs is 2. The summed E-state index contributed by atoms with van der Waals surface area (Å²) in [5, 5.41) is 5.21. The van der Waals surface area contributed by atoms with Crippen LogP contribution in [0.3, 0.4) is 0 Å². The SMILES string of the molecule is Cn1ncc2ccc(C(=O)n3cnc4ccccc43)cc21. The van der Waals surface area contributed by atoms with Crippen molar-refractivity contribution in [2.24, 2.45) is 7.05 Å². The maximum atomic E-state index is 12.7. The van der Waals surface area contributed by atoms with E-state index < -0.39 is 0 Å². The Kier molecular flexibility index (Phi) is 2.41. The van der Waals surface area contributed by atoms with E-state index >= 15 is 0 Å². The number of aryl methyl sites for hydroxylation is 1. The van der Waals surface area contributed by atoms with Gasteiger partial charge in [-0.15, -0.1) is 0 Å². The number of carbonyl (C=O) groups excluding carboxylic acids is 1. The van der Waals surface area contributed by atoms with Gasteiger partial charge in [0.1, 0.15) is 6.33 Å². The third-order valence-corrected chi connectivity index (χ3v) is 3.67. The van der Waals surface area contributed by atoms with Crippen LogP contribution in [0.5, 0.6) is 0 Å². The predicted molar refractivity (Wildman–Crippen MR) is 80.2 cm³/mol. The van der Waals surface area contributed by atoms with E-state index in [0.29, 0.717) is 5.56 Å². The van der Waals surface area contributed by atoms with Gasteiger partial charge < -0.3 is 0 Å². The van der Waals surface area contributed by atoms with Crippen molar-refractivity contribution >= 4 is 27.8 Å². The quantitative estimate of drug-likeness (QED) is 0.537. The third kappa shape index (κ3) is 1.74. The highest BCUT2D eigenvalue weighted by Crippen LogP contribution is 2.18. The first-order valence-electron chi connectivity index (χ1n) is 6.62. The van der Waals surface area contributed by atoms with E-state index in [2.05, 4.69) is 10.1 Å². The average molecular weight is 276 g/mol. The molecule has 0 unspecified atom stereocenters. The zero-order valence-corrected chi connectivity index (χ0v) is 11.4. The summed E-state index contributed by atoms with van der Waals surface area (Å²) in [7, 11) is 1.86. The molecule has 4 rings (SSSR count). The number of benzene rings is 2. The lowest BCUT2D eigenvalue weighted by molar-refractivity contribution is 0.0964. The van der Waals surface area contributed by atoms with Gasteiger partial charge in [-0.05, 0) is 24.3 Å². The van der Waals surface area contributed by atoms with Crippen LogP contribution in [-0.4, -0.2) is 25.2 Å². The zero-order chi connectivity index (χ0) is 14.4. The number of hydrogen-bond acceptors (Lipinski definition) is 3. The van der Waals surface area contributed by atoms with Crippen LogP contribution in [0.1, 0.15) is 10.4 Å². The highest BCUT2D eigenvalue weighted by Gasteiger charge is 2.13. The summed E-state index contributed by atoms with van der Waals surface area (Å²) in [6.45, 7) is 0. The maximum absolute atomic E-state index is 12.7. The molecule has 0 amide bonds. The lowest BCUT2D eigenvalue weighted by atomic mass is 10.1. The number of nitrogens with zero attached hydrogens (tertiary/aromatic N) is 4. The van der Waals surface area contributed by atoms with Crippen molar-refractivity contribution in [1.82, 2.24) is 19.3 Å². The minimum absolute atomic E-state index is 0.0909. The van der Waals surface area contributed by atoms with Gasteiger partial charge in [0.2, 0.25) is 0 Å². The summed E-state index contributed by atoms with van der Waals surface area (Å²) in [4.78, 5) is 17.0. The Hall–Kier alpha value is -2.95. The molecule has 0 radical (unpaired) electrons. The Morgan fingerprint density at radius 3 is 2.86 bits per heavy atom. The number of hydrogen-bond donors (Lipinski definition) is 0. The highest BCUT2D eigenvalue weighted by molar-refractivity contribution is 6.03. The molecule has 0 N–H and O–H groups in total. The van der Waals surface area contributed by atoms with Crippen LogP contribution in [0.15, 0.2) is 55.0 Å². The number of carbonyl (C=O) groups is 1. The van der Waals surface area contributed by atoms with Crippen molar-refractivity contribution in [3.8, 4) is 0 Å². The Bertz CT molecular complexity index is 980. The fourth-order valence-corrected chi connectivity index (χ4v) is 2.54. The van der Waals surface area contributed by atoms with Gasteiger partial charge >= 0.3 is 0 Å². The second-order valence-corrected chi connectivity index (χ2v) is 4.95. The van der Waals surface area contributed by atoms with E-state index in [1.54, 1.807) is 21.8 Å². The highest BCUT2D eigenvalue weighted by atomic mass is 16.2. The fraction of sp³-hybridized carbons (Fsp3) is 0.0625. The summed E-state index contributed by atoms with van der Waals surface area (Å²) in [6.07, 6.45) is 3.36. The zero-order valence-electron chi connectivity index (χ0n) is 11.4. The van der Waals surface area contributed by atoms with Crippen molar-refractivity contribution in [2.45, 2.75) is 0 Å². The van der Waals surface area contributed by atoms with Crippen LogP contribution >= 0.6 is 0 Å². The molecule has 0 fully saturated rings. The van der Waals surface area contributed by atoms with Crippen LogP contribution in [0.25, 0.3) is 21.9 Å². The first-order chi connectivity index (χ1) is 10.2. The van der Waals surface area contributed by atoms with Crippen molar-refractivity contribution in [3.05, 3.63) is 60.6 Å². The molecule has 0 spiro atoms. The normalized spacial score (nSPS) is 11.3. The Labute approximate surface area is 120 Å². The molecule has 0 saturated heterocycles. The van der Waals surface area contributed by atoms with E-state index in [-0.39, 0.29) is 5.91 Å². The van der Waals surface area contributed by atoms with Gasteiger partial charge in [-0.2, -0.15) is 5.10 Å². The smallest absolute Gasteiger partial charge is 0.263 e. The Morgan fingerprint density at radius 1 is 1.10 bits per heavy atom. The summed E-state index contributed by atoms with van der Waals surface area (Å²) in [5.41, 5.74) is 3.18. The van der Waals surface area contributed by atoms with Crippen LogP contribution in [0, 0.1) is 0 Å². The van der Waals surface area contributed by atoms with Crippen LogP contribution in [0.2, 0.25) is 0 Å². The number of rotatable bonds is 1. The molecule has 2 heterocycles. The number of imidazole rings is 1. The van der Waals surface area contributed by atoms with Gasteiger partial charge in [0.25, 0.3) is 5.91 Å². The first kappa shape index (κ1) is 11.8. The molecule has 0 atom stereocenters. The molecule has 21 heavy (non-hydrogen) atoms. The summed E-state index contributed by atoms with van der Waals surface area (Å²) in [5.74, 6) is -0.0909. The van der Waals surface area contributed by atoms with Crippen LogP contribution < -0.4 is 0 Å². The van der Waals surface area contributed by atoms with E-state index in [1.165, 1.54) is 0 Å². The van der Waals surface area contributed by atoms with Crippen LogP contribution in [-0.2, 0) is 7.05 Å². The second kappa shape index (κ2) is 4.28. The molecular weight excluding hydrogens is 264 g/mol. The average Bonchev–Trinajstić information content (AvgIpc) is 3.10. The minimum atomic E-state index is -0.0909. The van der Waals surface area contributed by atoms with Crippen molar-refractivity contribution in [2.75, 3.05) is 0 Å². The van der Waals surface area contributed by atoms with E-state index in [0.717, 1.165) is 21.9 Å². The fourth-order valence-electron chi connectivity index (χ4n) is 2.54. The third-order valence-electron chi connectivity index (χ3n) is 3.67. The van der Waals surface area contributed by atoms with Gasteiger partial charge in [0.05, 0.1) is 22.7 Å². The van der Waals surface area contributed by atoms with E-state index in [1.807, 2.05) is 49.5 Å². The molecule has 2 aromatic heterocycles. The summed E-state index contributed by atoms with van der Waals surface area (Å²) < 4.78 is 3.34. The summed E-state index contributed by atoms with van der Waals surface area (Å²) in [6, 6.07) is 13.2. The molecule has 0 saturated carbocycles. The second-order valence-electron chi connectivity index (χ2n) is 4.95. The Balaban J connectivity index is 1.87. The molecule has 4 aromatic rings. The topological polar surface area (TPSA) is 52.7 Å². The van der Waals surface area contributed by atoms with Crippen LogP contribution in [0.4, 0.5) is 0 Å². The van der Waals surface area contributed by atoms with Crippen molar-refractivity contribution < 1.29 is 4.79 Å². The monoisotopic (exact) mass is 276 g/mol. The molecule has 0 aliphatic heterocycles. The van der Waals surface area contributed by atoms with E-state index in [4.69, 9.17) is 0 Å². The summed E-state index contributed by atoms with van der Waals surface area (Å²) >= 11 is 0. The predicted octanol–water partition coefficient (Wildman–Crippen LogP) is 2.61. The van der Waals surface area contributed by atoms with Gasteiger partial charge in [0, 0.05) is 18.0 Å². The molecule has 102 valence electrons. The first-order valence-corrected chi connectivity index (χ1v) is 6.62.